The summed E-state index contributed by atoms with van der Waals surface area (Å²) in [5.74, 6) is 7.14. The van der Waals surface area contributed by atoms with Crippen LogP contribution in [0.25, 0.3) is 6.08 Å². The lowest BCUT2D eigenvalue weighted by Crippen LogP contribution is -2.08. The fraction of sp³-hybridized carbons (Fsp3) is 0.0714. The molecule has 0 amide bonds. The second-order valence-electron chi connectivity index (χ2n) is 3.65. The van der Waals surface area contributed by atoms with Crippen LogP contribution < -0.4 is 16.0 Å². The number of nitrogen functional groups attached to an aromatic ring is 1. The summed E-state index contributed by atoms with van der Waals surface area (Å²) in [6.45, 7) is 1.97. The minimum Gasteiger partial charge on any atom is -0.438 e. The zero-order valence-electron chi connectivity index (χ0n) is 10.1. The van der Waals surface area contributed by atoms with Gasteiger partial charge in [-0.1, -0.05) is 36.4 Å². The number of ether oxygens (including phenoxy) is 1. The van der Waals surface area contributed by atoms with Gasteiger partial charge in [-0.25, -0.2) is 5.84 Å². The second-order valence-corrected chi connectivity index (χ2v) is 3.65. The van der Waals surface area contributed by atoms with Crippen LogP contribution in [0.1, 0.15) is 12.5 Å². The third-order valence-corrected chi connectivity index (χ3v) is 2.35. The lowest BCUT2D eigenvalue weighted by molar-refractivity contribution is 0.462. The summed E-state index contributed by atoms with van der Waals surface area (Å²) in [5.41, 5.74) is 3.50. The molecule has 0 saturated heterocycles. The van der Waals surface area contributed by atoms with Crippen molar-refractivity contribution >= 4 is 11.9 Å². The highest BCUT2D eigenvalue weighted by molar-refractivity contribution is 5.57. The first-order chi connectivity index (χ1) is 8.83. The van der Waals surface area contributed by atoms with Crippen LogP contribution in [-0.2, 0) is 0 Å². The van der Waals surface area contributed by atoms with Gasteiger partial charge in [0.2, 0.25) is 5.88 Å². The maximum absolute atomic E-state index is 5.75. The van der Waals surface area contributed by atoms with Crippen molar-refractivity contribution in [1.82, 2.24) is 4.98 Å². The average molecular weight is 241 g/mol. The van der Waals surface area contributed by atoms with Gasteiger partial charge in [-0.3, -0.25) is 0 Å². The Balaban J connectivity index is 2.27. The first-order valence-corrected chi connectivity index (χ1v) is 5.66. The number of hydrogen-bond donors (Lipinski definition) is 2. The molecule has 0 aliphatic heterocycles. The Kier molecular flexibility index (Phi) is 3.94. The molecule has 0 spiro atoms. The van der Waals surface area contributed by atoms with E-state index in [4.69, 9.17) is 10.6 Å². The quantitative estimate of drug-likeness (QED) is 0.637. The third kappa shape index (κ3) is 2.87. The van der Waals surface area contributed by atoms with Gasteiger partial charge in [0.1, 0.15) is 11.6 Å². The molecule has 0 atom stereocenters. The molecular weight excluding hydrogens is 226 g/mol. The Bertz CT molecular complexity index is 552. The molecule has 2 aromatic rings. The minimum atomic E-state index is 0.502. The Morgan fingerprint density at radius 2 is 2.00 bits per heavy atom. The summed E-state index contributed by atoms with van der Waals surface area (Å²) >= 11 is 0. The number of allylic oxidation sites excluding steroid dienone is 1. The summed E-state index contributed by atoms with van der Waals surface area (Å²) in [7, 11) is 0. The van der Waals surface area contributed by atoms with E-state index in [0.29, 0.717) is 11.7 Å². The third-order valence-electron chi connectivity index (χ3n) is 2.35. The molecule has 1 aromatic heterocycles. The van der Waals surface area contributed by atoms with E-state index in [1.165, 1.54) is 0 Å². The number of benzene rings is 1. The largest absolute Gasteiger partial charge is 0.438 e. The number of nitrogens with zero attached hydrogens (tertiary/aromatic N) is 1. The van der Waals surface area contributed by atoms with Crippen molar-refractivity contribution < 1.29 is 4.74 Å². The summed E-state index contributed by atoms with van der Waals surface area (Å²) in [6.07, 6.45) is 3.95. The van der Waals surface area contributed by atoms with Crippen molar-refractivity contribution in [3.8, 4) is 11.6 Å². The summed E-state index contributed by atoms with van der Waals surface area (Å²) in [4.78, 5) is 4.21. The molecule has 1 heterocycles. The SMILES string of the molecule is C/C=C/c1ccccc1Oc1cccc(NN)n1. The van der Waals surface area contributed by atoms with Gasteiger partial charge in [0, 0.05) is 11.6 Å². The number of anilines is 1. The standard InChI is InChI=1S/C14H15N3O/c1-2-6-11-7-3-4-8-12(11)18-14-10-5-9-13(16-14)17-15/h2-10H,15H2,1H3,(H,16,17)/b6-2+. The van der Waals surface area contributed by atoms with E-state index in [1.54, 1.807) is 12.1 Å². The molecule has 1 aromatic carbocycles. The number of para-hydroxylation sites is 1. The highest BCUT2D eigenvalue weighted by Gasteiger charge is 2.03. The van der Waals surface area contributed by atoms with E-state index >= 15 is 0 Å². The van der Waals surface area contributed by atoms with Gasteiger partial charge in [0.15, 0.2) is 0 Å². The zero-order chi connectivity index (χ0) is 12.8. The van der Waals surface area contributed by atoms with E-state index in [2.05, 4.69) is 10.4 Å². The van der Waals surface area contributed by atoms with Gasteiger partial charge in [-0.15, -0.1) is 0 Å². The highest BCUT2D eigenvalue weighted by atomic mass is 16.5. The lowest BCUT2D eigenvalue weighted by Gasteiger charge is -2.08. The van der Waals surface area contributed by atoms with Gasteiger partial charge in [-0.2, -0.15) is 4.98 Å². The molecule has 0 fully saturated rings. The van der Waals surface area contributed by atoms with E-state index in [-0.39, 0.29) is 0 Å². The molecule has 0 saturated carbocycles. The Morgan fingerprint density at radius 3 is 2.78 bits per heavy atom. The monoisotopic (exact) mass is 241 g/mol. The first kappa shape index (κ1) is 12.1. The second kappa shape index (κ2) is 5.84. The highest BCUT2D eigenvalue weighted by Crippen LogP contribution is 2.25. The molecule has 18 heavy (non-hydrogen) atoms. The molecule has 0 unspecified atom stereocenters. The van der Waals surface area contributed by atoms with Gasteiger partial charge in [-0.05, 0) is 19.1 Å². The van der Waals surface area contributed by atoms with Gasteiger partial charge in [0.25, 0.3) is 0 Å². The molecule has 0 aliphatic rings. The topological polar surface area (TPSA) is 60.2 Å². The average Bonchev–Trinajstić information content (AvgIpc) is 2.41. The van der Waals surface area contributed by atoms with Crippen LogP contribution >= 0.6 is 0 Å². The number of rotatable bonds is 4. The van der Waals surface area contributed by atoms with Crippen LogP contribution in [0.3, 0.4) is 0 Å². The molecule has 0 aliphatic carbocycles. The normalized spacial score (nSPS) is 10.6. The lowest BCUT2D eigenvalue weighted by atomic mass is 10.2. The van der Waals surface area contributed by atoms with Gasteiger partial charge >= 0.3 is 0 Å². The Hall–Kier alpha value is -2.33. The van der Waals surface area contributed by atoms with Crippen LogP contribution in [0.4, 0.5) is 5.82 Å². The molecule has 3 N–H and O–H groups in total. The number of hydrogen-bond acceptors (Lipinski definition) is 4. The van der Waals surface area contributed by atoms with E-state index in [9.17, 15) is 0 Å². The maximum Gasteiger partial charge on any atom is 0.221 e. The van der Waals surface area contributed by atoms with Crippen molar-refractivity contribution in [1.29, 1.82) is 0 Å². The van der Waals surface area contributed by atoms with Crippen molar-refractivity contribution in [2.75, 3.05) is 5.43 Å². The molecule has 2 rings (SSSR count). The number of aromatic nitrogens is 1. The minimum absolute atomic E-state index is 0.502. The van der Waals surface area contributed by atoms with Crippen molar-refractivity contribution in [2.45, 2.75) is 6.92 Å². The molecule has 4 nitrogen and oxygen atoms in total. The maximum atomic E-state index is 5.75. The Labute approximate surface area is 106 Å². The number of pyridine rings is 1. The first-order valence-electron chi connectivity index (χ1n) is 5.66. The van der Waals surface area contributed by atoms with Crippen LogP contribution in [0.15, 0.2) is 48.5 Å². The van der Waals surface area contributed by atoms with E-state index < -0.39 is 0 Å². The molecule has 0 bridgehead atoms. The Morgan fingerprint density at radius 1 is 1.17 bits per heavy atom. The van der Waals surface area contributed by atoms with Crippen LogP contribution in [0.2, 0.25) is 0 Å². The fourth-order valence-electron chi connectivity index (χ4n) is 1.56. The predicted molar refractivity (Wildman–Crippen MR) is 73.3 cm³/mol. The number of nitrogens with two attached hydrogens (primary N) is 1. The molecule has 92 valence electrons. The molecule has 0 radical (unpaired) electrons. The van der Waals surface area contributed by atoms with Gasteiger partial charge < -0.3 is 10.2 Å². The zero-order valence-corrected chi connectivity index (χ0v) is 10.1. The van der Waals surface area contributed by atoms with Gasteiger partial charge in [0.05, 0.1) is 0 Å². The summed E-state index contributed by atoms with van der Waals surface area (Å²) < 4.78 is 5.75. The smallest absolute Gasteiger partial charge is 0.221 e. The van der Waals surface area contributed by atoms with Crippen LogP contribution in [-0.4, -0.2) is 4.98 Å². The number of hydrazine groups is 1. The molecular formula is C14H15N3O. The van der Waals surface area contributed by atoms with E-state index in [1.807, 2.05) is 49.4 Å². The summed E-state index contributed by atoms with van der Waals surface area (Å²) in [5, 5.41) is 0. The van der Waals surface area contributed by atoms with Crippen molar-refractivity contribution in [3.63, 3.8) is 0 Å². The fourth-order valence-corrected chi connectivity index (χ4v) is 1.56. The number of nitrogens with one attached hydrogen (secondary N) is 1. The predicted octanol–water partition coefficient (Wildman–Crippen LogP) is 3.19. The van der Waals surface area contributed by atoms with Crippen molar-refractivity contribution in [2.24, 2.45) is 5.84 Å². The van der Waals surface area contributed by atoms with E-state index in [0.717, 1.165) is 11.3 Å². The molecule has 4 heteroatoms. The van der Waals surface area contributed by atoms with Crippen molar-refractivity contribution in [3.05, 3.63) is 54.1 Å². The summed E-state index contributed by atoms with van der Waals surface area (Å²) in [6, 6.07) is 13.2. The van der Waals surface area contributed by atoms with Crippen LogP contribution in [0, 0.1) is 0 Å². The van der Waals surface area contributed by atoms with Crippen LogP contribution in [0.5, 0.6) is 11.6 Å².